The fourth-order valence-corrected chi connectivity index (χ4v) is 4.95. The van der Waals surface area contributed by atoms with Gasteiger partial charge in [0.1, 0.15) is 10.7 Å². The molecular formula is C14H22N4O2S. The first-order valence-electron chi connectivity index (χ1n) is 7.46. The molecule has 0 saturated carbocycles. The molecule has 0 aromatic carbocycles. The van der Waals surface area contributed by atoms with Crippen LogP contribution in [0.1, 0.15) is 26.2 Å². The molecule has 2 unspecified atom stereocenters. The smallest absolute Gasteiger partial charge is 0.244 e. The number of hydrogen-bond acceptors (Lipinski definition) is 5. The van der Waals surface area contributed by atoms with Crippen molar-refractivity contribution in [2.75, 3.05) is 25.4 Å². The number of hydrogen-bond donors (Lipinski definition) is 1. The molecule has 7 heteroatoms. The van der Waals surface area contributed by atoms with Crippen LogP contribution in [0.2, 0.25) is 0 Å². The first-order valence-corrected chi connectivity index (χ1v) is 8.90. The lowest BCUT2D eigenvalue weighted by molar-refractivity contribution is 0.0564. The summed E-state index contributed by atoms with van der Waals surface area (Å²) in [6.45, 7) is 4.46. The van der Waals surface area contributed by atoms with Gasteiger partial charge in [0.05, 0.1) is 0 Å². The molecule has 3 rings (SSSR count). The summed E-state index contributed by atoms with van der Waals surface area (Å²) in [4.78, 5) is 6.57. The molecule has 0 bridgehead atoms. The lowest BCUT2D eigenvalue weighted by Gasteiger charge is -2.46. The van der Waals surface area contributed by atoms with Crippen molar-refractivity contribution in [3.63, 3.8) is 0 Å². The zero-order chi connectivity index (χ0) is 15.0. The Morgan fingerprint density at radius 1 is 1.29 bits per heavy atom. The number of anilines is 1. The van der Waals surface area contributed by atoms with E-state index < -0.39 is 10.0 Å². The second-order valence-electron chi connectivity index (χ2n) is 5.99. The Morgan fingerprint density at radius 2 is 2.10 bits per heavy atom. The molecule has 0 spiro atoms. The van der Waals surface area contributed by atoms with Crippen LogP contribution in [-0.4, -0.2) is 54.3 Å². The fourth-order valence-electron chi connectivity index (χ4n) is 3.34. The highest BCUT2D eigenvalue weighted by Gasteiger charge is 2.39. The summed E-state index contributed by atoms with van der Waals surface area (Å²) >= 11 is 0. The second-order valence-corrected chi connectivity index (χ2v) is 7.88. The van der Waals surface area contributed by atoms with Crippen LogP contribution in [-0.2, 0) is 10.0 Å². The van der Waals surface area contributed by atoms with Crippen molar-refractivity contribution in [2.24, 2.45) is 0 Å². The Kier molecular flexibility index (Phi) is 3.90. The lowest BCUT2D eigenvalue weighted by Crippen LogP contribution is -2.59. The van der Waals surface area contributed by atoms with Crippen molar-refractivity contribution in [1.29, 1.82) is 0 Å². The van der Waals surface area contributed by atoms with Gasteiger partial charge >= 0.3 is 0 Å². The van der Waals surface area contributed by atoms with Gasteiger partial charge in [0, 0.05) is 31.4 Å². The molecule has 2 N–H and O–H groups in total. The molecule has 0 radical (unpaired) electrons. The van der Waals surface area contributed by atoms with Gasteiger partial charge in [-0.25, -0.2) is 13.4 Å². The van der Waals surface area contributed by atoms with Crippen molar-refractivity contribution in [2.45, 2.75) is 43.2 Å². The molecule has 6 nitrogen and oxygen atoms in total. The highest BCUT2D eigenvalue weighted by Crippen LogP contribution is 2.28. The predicted molar refractivity (Wildman–Crippen MR) is 81.2 cm³/mol. The first kappa shape index (κ1) is 14.7. The molecule has 0 amide bonds. The van der Waals surface area contributed by atoms with E-state index in [1.807, 2.05) is 6.92 Å². The number of pyridine rings is 1. The van der Waals surface area contributed by atoms with Crippen molar-refractivity contribution >= 4 is 15.8 Å². The van der Waals surface area contributed by atoms with Crippen LogP contribution in [0.5, 0.6) is 0 Å². The zero-order valence-corrected chi connectivity index (χ0v) is 13.1. The van der Waals surface area contributed by atoms with E-state index in [0.29, 0.717) is 18.4 Å². The van der Waals surface area contributed by atoms with Crippen molar-refractivity contribution < 1.29 is 8.42 Å². The van der Waals surface area contributed by atoms with Crippen LogP contribution in [0.3, 0.4) is 0 Å². The number of rotatable bonds is 2. The predicted octanol–water partition coefficient (Wildman–Crippen LogP) is 0.911. The maximum Gasteiger partial charge on any atom is 0.244 e. The Hall–Kier alpha value is -1.18. The summed E-state index contributed by atoms with van der Waals surface area (Å²) in [6.07, 6.45) is 4.84. The van der Waals surface area contributed by atoms with Crippen LogP contribution in [0, 0.1) is 0 Å². The van der Waals surface area contributed by atoms with Crippen molar-refractivity contribution in [3.8, 4) is 0 Å². The quantitative estimate of drug-likeness (QED) is 0.878. The Bertz CT molecular complexity index is 602. The van der Waals surface area contributed by atoms with Crippen LogP contribution in [0.25, 0.3) is 0 Å². The Balaban J connectivity index is 1.86. The topological polar surface area (TPSA) is 79.5 Å². The molecule has 3 heterocycles. The highest BCUT2D eigenvalue weighted by molar-refractivity contribution is 7.89. The molecule has 2 aliphatic rings. The number of fused-ring (bicyclic) bond motifs is 1. The van der Waals surface area contributed by atoms with Gasteiger partial charge in [-0.2, -0.15) is 4.31 Å². The fraction of sp³-hybridized carbons (Fsp3) is 0.643. The third-order valence-corrected chi connectivity index (χ3v) is 6.46. The lowest BCUT2D eigenvalue weighted by atomic mass is 9.99. The normalized spacial score (nSPS) is 28.2. The minimum absolute atomic E-state index is 0.0121. The van der Waals surface area contributed by atoms with Gasteiger partial charge in [-0.05, 0) is 38.4 Å². The number of nitrogen functional groups attached to an aromatic ring is 1. The van der Waals surface area contributed by atoms with Gasteiger partial charge < -0.3 is 5.73 Å². The number of aromatic nitrogens is 1. The van der Waals surface area contributed by atoms with E-state index in [4.69, 9.17) is 5.73 Å². The first-order chi connectivity index (χ1) is 9.98. The van der Waals surface area contributed by atoms with Gasteiger partial charge in [0.25, 0.3) is 0 Å². The Labute approximate surface area is 126 Å². The summed E-state index contributed by atoms with van der Waals surface area (Å²) in [5, 5.41) is 0. The van der Waals surface area contributed by atoms with Gasteiger partial charge in [0.2, 0.25) is 10.0 Å². The molecular weight excluding hydrogens is 288 g/mol. The van der Waals surface area contributed by atoms with E-state index in [0.717, 1.165) is 19.5 Å². The number of nitrogens with two attached hydrogens (primary N) is 1. The minimum atomic E-state index is -3.49. The zero-order valence-electron chi connectivity index (χ0n) is 12.3. The maximum atomic E-state index is 12.8. The summed E-state index contributed by atoms with van der Waals surface area (Å²) < 4.78 is 27.3. The molecule has 0 aliphatic carbocycles. The highest BCUT2D eigenvalue weighted by atomic mass is 32.2. The second kappa shape index (κ2) is 5.55. The van der Waals surface area contributed by atoms with Crippen LogP contribution in [0.4, 0.5) is 5.82 Å². The molecule has 1 aromatic rings. The Morgan fingerprint density at radius 3 is 2.81 bits per heavy atom. The molecule has 2 fully saturated rings. The van der Waals surface area contributed by atoms with E-state index in [1.165, 1.54) is 31.2 Å². The van der Waals surface area contributed by atoms with E-state index in [-0.39, 0.29) is 10.9 Å². The van der Waals surface area contributed by atoms with Crippen molar-refractivity contribution in [1.82, 2.24) is 14.2 Å². The largest absolute Gasteiger partial charge is 0.384 e. The molecule has 2 atom stereocenters. The summed E-state index contributed by atoms with van der Waals surface area (Å²) in [6, 6.07) is 3.42. The number of piperazine rings is 1. The van der Waals surface area contributed by atoms with Crippen LogP contribution < -0.4 is 5.73 Å². The van der Waals surface area contributed by atoms with Gasteiger partial charge in [-0.15, -0.1) is 0 Å². The average molecular weight is 310 g/mol. The van der Waals surface area contributed by atoms with Crippen molar-refractivity contribution in [3.05, 3.63) is 18.3 Å². The van der Waals surface area contributed by atoms with Gasteiger partial charge in [-0.3, -0.25) is 4.90 Å². The monoisotopic (exact) mass is 310 g/mol. The summed E-state index contributed by atoms with van der Waals surface area (Å²) in [7, 11) is -3.49. The SMILES string of the molecule is CC1CN2CCCCC2CN1S(=O)(=O)c1ccc(N)nc1. The molecule has 21 heavy (non-hydrogen) atoms. The maximum absolute atomic E-state index is 12.8. The third kappa shape index (κ3) is 2.77. The number of piperidine rings is 1. The van der Waals surface area contributed by atoms with E-state index in [9.17, 15) is 8.42 Å². The third-order valence-electron chi connectivity index (χ3n) is 4.50. The van der Waals surface area contributed by atoms with E-state index in [2.05, 4.69) is 9.88 Å². The molecule has 1 aromatic heterocycles. The summed E-state index contributed by atoms with van der Waals surface area (Å²) in [5.74, 6) is 0.332. The minimum Gasteiger partial charge on any atom is -0.384 e. The average Bonchev–Trinajstić information content (AvgIpc) is 2.47. The van der Waals surface area contributed by atoms with Gasteiger partial charge in [0.15, 0.2) is 0 Å². The summed E-state index contributed by atoms with van der Waals surface area (Å²) in [5.41, 5.74) is 5.54. The molecule has 116 valence electrons. The van der Waals surface area contributed by atoms with Crippen LogP contribution in [0.15, 0.2) is 23.2 Å². The number of sulfonamides is 1. The number of nitrogens with zero attached hydrogens (tertiary/aromatic N) is 3. The van der Waals surface area contributed by atoms with E-state index in [1.54, 1.807) is 4.31 Å². The molecule has 2 saturated heterocycles. The van der Waals surface area contributed by atoms with Crippen LogP contribution >= 0.6 is 0 Å². The standard InChI is InChI=1S/C14H22N4O2S/c1-11-9-17-7-3-2-4-12(17)10-18(11)21(19,20)13-5-6-14(15)16-8-13/h5-6,8,11-12H,2-4,7,9-10H2,1H3,(H2,15,16). The molecule has 2 aliphatic heterocycles. The van der Waals surface area contributed by atoms with Gasteiger partial charge in [-0.1, -0.05) is 6.42 Å². The van der Waals surface area contributed by atoms with E-state index >= 15 is 0 Å².